The first-order chi connectivity index (χ1) is 13.5. The highest BCUT2D eigenvalue weighted by atomic mass is 16.5. The highest BCUT2D eigenvalue weighted by Gasteiger charge is 2.14. The molecule has 0 atom stereocenters. The third kappa shape index (κ3) is 3.98. The summed E-state index contributed by atoms with van der Waals surface area (Å²) in [5.74, 6) is 0.163. The third-order valence-electron chi connectivity index (χ3n) is 4.40. The van der Waals surface area contributed by atoms with Crippen LogP contribution in [0, 0.1) is 0 Å². The van der Waals surface area contributed by atoms with Gasteiger partial charge in [-0.1, -0.05) is 31.5 Å². The van der Waals surface area contributed by atoms with Crippen molar-refractivity contribution in [1.82, 2.24) is 0 Å². The van der Waals surface area contributed by atoms with Crippen LogP contribution in [0.2, 0.25) is 0 Å². The van der Waals surface area contributed by atoms with E-state index >= 15 is 0 Å². The second kappa shape index (κ2) is 8.57. The number of carbonyl (C=O) groups is 1. The van der Waals surface area contributed by atoms with Gasteiger partial charge in [0.05, 0.1) is 17.6 Å². The topological polar surface area (TPSA) is 76.7 Å². The van der Waals surface area contributed by atoms with Crippen LogP contribution in [-0.2, 0) is 6.42 Å². The van der Waals surface area contributed by atoms with Crippen LogP contribution in [0.1, 0.15) is 47.5 Å². The lowest BCUT2D eigenvalue weighted by Crippen LogP contribution is -2.12. The molecule has 0 unspecified atom stereocenters. The first-order valence-corrected chi connectivity index (χ1v) is 9.28. The lowest BCUT2D eigenvalue weighted by Gasteiger charge is -2.08. The highest BCUT2D eigenvalue weighted by Crippen LogP contribution is 2.24. The Morgan fingerprint density at radius 3 is 2.64 bits per heavy atom. The number of fused-ring (bicyclic) bond motifs is 1. The largest absolute Gasteiger partial charge is 0.493 e. The number of aromatic carboxylic acids is 1. The Labute approximate surface area is 162 Å². The quantitative estimate of drug-likeness (QED) is 0.625. The maximum Gasteiger partial charge on any atom is 0.335 e. The predicted octanol–water partition coefficient (Wildman–Crippen LogP) is 5.01. The maximum atomic E-state index is 13.0. The smallest absolute Gasteiger partial charge is 0.335 e. The summed E-state index contributed by atoms with van der Waals surface area (Å²) >= 11 is 0. The van der Waals surface area contributed by atoms with Crippen molar-refractivity contribution in [2.45, 2.75) is 26.7 Å². The van der Waals surface area contributed by atoms with E-state index < -0.39 is 5.97 Å². The van der Waals surface area contributed by atoms with Crippen molar-refractivity contribution in [2.75, 3.05) is 6.61 Å². The number of ether oxygens (including phenoxy) is 1. The number of hydrogen-bond donors (Lipinski definition) is 1. The van der Waals surface area contributed by atoms with Gasteiger partial charge in [0.1, 0.15) is 17.1 Å². The molecule has 28 heavy (non-hydrogen) atoms. The molecule has 3 aromatic rings. The fourth-order valence-electron chi connectivity index (χ4n) is 3.08. The van der Waals surface area contributed by atoms with Crippen molar-refractivity contribution >= 4 is 29.1 Å². The van der Waals surface area contributed by atoms with Gasteiger partial charge in [0.25, 0.3) is 0 Å². The monoisotopic (exact) mass is 378 g/mol. The second-order valence-corrected chi connectivity index (χ2v) is 6.34. The molecule has 144 valence electrons. The summed E-state index contributed by atoms with van der Waals surface area (Å²) in [5, 5.41) is 9.47. The van der Waals surface area contributed by atoms with Crippen LogP contribution in [-0.4, -0.2) is 17.7 Å². The summed E-state index contributed by atoms with van der Waals surface area (Å²) in [6.07, 6.45) is 4.95. The first kappa shape index (κ1) is 19.4. The van der Waals surface area contributed by atoms with Gasteiger partial charge in [-0.05, 0) is 49.8 Å². The second-order valence-electron chi connectivity index (χ2n) is 6.34. The van der Waals surface area contributed by atoms with E-state index in [1.54, 1.807) is 6.08 Å². The summed E-state index contributed by atoms with van der Waals surface area (Å²) in [6, 6.07) is 12.0. The number of benzene rings is 2. The van der Waals surface area contributed by atoms with Gasteiger partial charge in [-0.25, -0.2) is 4.79 Å². The van der Waals surface area contributed by atoms with Gasteiger partial charge in [-0.15, -0.1) is 0 Å². The normalized spacial score (nSPS) is 11.2. The molecule has 0 saturated carbocycles. The van der Waals surface area contributed by atoms with Crippen LogP contribution >= 0.6 is 0 Å². The van der Waals surface area contributed by atoms with Gasteiger partial charge in [0.15, 0.2) is 5.43 Å². The molecule has 0 amide bonds. The van der Waals surface area contributed by atoms with Gasteiger partial charge < -0.3 is 14.3 Å². The molecular formula is C23H22O5. The van der Waals surface area contributed by atoms with E-state index in [4.69, 9.17) is 9.15 Å². The number of hydrogen-bond acceptors (Lipinski definition) is 4. The summed E-state index contributed by atoms with van der Waals surface area (Å²) in [6.45, 7) is 4.46. The molecule has 0 saturated heterocycles. The summed E-state index contributed by atoms with van der Waals surface area (Å²) in [5.41, 5.74) is 1.67. The first-order valence-electron chi connectivity index (χ1n) is 9.28. The lowest BCUT2D eigenvalue weighted by atomic mass is 10.0. The number of para-hydroxylation sites is 1. The van der Waals surface area contributed by atoms with Gasteiger partial charge in [0, 0.05) is 11.1 Å². The minimum absolute atomic E-state index is 0.0659. The van der Waals surface area contributed by atoms with E-state index in [9.17, 15) is 14.7 Å². The Hall–Kier alpha value is -3.34. The van der Waals surface area contributed by atoms with Crippen LogP contribution in [0.15, 0.2) is 51.7 Å². The van der Waals surface area contributed by atoms with Gasteiger partial charge in [0.2, 0.25) is 0 Å². The molecule has 1 N–H and O–H groups in total. The number of rotatable bonds is 7. The maximum absolute atomic E-state index is 13.0. The van der Waals surface area contributed by atoms with Crippen molar-refractivity contribution in [3.05, 3.63) is 75.1 Å². The lowest BCUT2D eigenvalue weighted by molar-refractivity contribution is 0.0697. The zero-order chi connectivity index (χ0) is 20.1. The molecule has 0 spiro atoms. The Kier molecular flexibility index (Phi) is 5.94. The van der Waals surface area contributed by atoms with Crippen LogP contribution in [0.3, 0.4) is 0 Å². The molecule has 3 rings (SSSR count). The Bertz CT molecular complexity index is 1090. The van der Waals surface area contributed by atoms with Crippen LogP contribution in [0.5, 0.6) is 5.75 Å². The van der Waals surface area contributed by atoms with Gasteiger partial charge in [-0.2, -0.15) is 0 Å². The Morgan fingerprint density at radius 2 is 1.93 bits per heavy atom. The van der Waals surface area contributed by atoms with E-state index in [1.807, 2.05) is 44.2 Å². The Balaban J connectivity index is 2.12. The molecule has 0 bridgehead atoms. The summed E-state index contributed by atoms with van der Waals surface area (Å²) in [4.78, 5) is 24.2. The molecule has 1 heterocycles. The van der Waals surface area contributed by atoms with Crippen LogP contribution in [0.4, 0.5) is 0 Å². The molecule has 2 aromatic carbocycles. The molecule has 0 aliphatic heterocycles. The van der Waals surface area contributed by atoms with Crippen molar-refractivity contribution in [1.29, 1.82) is 0 Å². The minimum atomic E-state index is -1.07. The van der Waals surface area contributed by atoms with Gasteiger partial charge in [-0.3, -0.25) is 4.79 Å². The third-order valence-corrected chi connectivity index (χ3v) is 4.40. The predicted molar refractivity (Wildman–Crippen MR) is 110 cm³/mol. The van der Waals surface area contributed by atoms with Crippen molar-refractivity contribution in [2.24, 2.45) is 0 Å². The molecule has 0 aliphatic rings. The van der Waals surface area contributed by atoms with Crippen LogP contribution in [0.25, 0.3) is 23.1 Å². The molecule has 1 aromatic heterocycles. The van der Waals surface area contributed by atoms with Crippen LogP contribution < -0.4 is 10.2 Å². The molecule has 5 heteroatoms. The van der Waals surface area contributed by atoms with E-state index in [0.29, 0.717) is 29.9 Å². The van der Waals surface area contributed by atoms with E-state index in [-0.39, 0.29) is 16.4 Å². The average molecular weight is 378 g/mol. The van der Waals surface area contributed by atoms with E-state index in [1.165, 1.54) is 18.2 Å². The molecule has 5 nitrogen and oxygen atoms in total. The van der Waals surface area contributed by atoms with Gasteiger partial charge >= 0.3 is 5.97 Å². The standard InChI is InChI=1S/C23H22O5/c1-3-7-17-20(12-10-15-8-5-6-9-19(15)27-4-2)28-21-13-11-16(23(25)26)14-18(21)22(17)24/h5-6,8-14H,3-4,7H2,1-2H3,(H,25,26). The zero-order valence-electron chi connectivity index (χ0n) is 15.9. The summed E-state index contributed by atoms with van der Waals surface area (Å²) in [7, 11) is 0. The number of carboxylic acids is 1. The molecule has 0 aliphatic carbocycles. The number of carboxylic acid groups (broad SMARTS) is 1. The molecule has 0 radical (unpaired) electrons. The zero-order valence-corrected chi connectivity index (χ0v) is 15.9. The SMILES string of the molecule is CCCc1c(C=Cc2ccccc2OCC)oc2ccc(C(=O)O)cc2c1=O. The Morgan fingerprint density at radius 1 is 1.14 bits per heavy atom. The fraction of sp³-hybridized carbons (Fsp3) is 0.217. The molecular weight excluding hydrogens is 356 g/mol. The van der Waals surface area contributed by atoms with Crippen molar-refractivity contribution < 1.29 is 19.1 Å². The average Bonchev–Trinajstić information content (AvgIpc) is 2.69. The summed E-state index contributed by atoms with van der Waals surface area (Å²) < 4.78 is 11.6. The highest BCUT2D eigenvalue weighted by molar-refractivity contribution is 5.93. The van der Waals surface area contributed by atoms with Crippen molar-refractivity contribution in [3.63, 3.8) is 0 Å². The fourth-order valence-corrected chi connectivity index (χ4v) is 3.08. The van der Waals surface area contributed by atoms with Crippen molar-refractivity contribution in [3.8, 4) is 5.75 Å². The minimum Gasteiger partial charge on any atom is -0.493 e. The molecule has 0 fully saturated rings. The van der Waals surface area contributed by atoms with E-state index in [2.05, 4.69) is 0 Å². The van der Waals surface area contributed by atoms with E-state index in [0.717, 1.165) is 17.7 Å².